The van der Waals surface area contributed by atoms with Crippen molar-refractivity contribution in [1.82, 2.24) is 4.31 Å². The van der Waals surface area contributed by atoms with Crippen molar-refractivity contribution in [3.05, 3.63) is 94.0 Å². The van der Waals surface area contributed by atoms with Crippen LogP contribution >= 0.6 is 23.2 Å². The second-order valence-corrected chi connectivity index (χ2v) is 9.58. The van der Waals surface area contributed by atoms with Gasteiger partial charge in [0.05, 0.1) is 21.5 Å². The number of rotatable bonds is 8. The van der Waals surface area contributed by atoms with Crippen LogP contribution in [0.5, 0.6) is 0 Å². The van der Waals surface area contributed by atoms with E-state index in [0.29, 0.717) is 16.3 Å². The van der Waals surface area contributed by atoms with Gasteiger partial charge in [-0.15, -0.1) is 0 Å². The van der Waals surface area contributed by atoms with Crippen LogP contribution in [0.4, 0.5) is 5.69 Å². The minimum atomic E-state index is -3.99. The largest absolute Gasteiger partial charge is 0.366 e. The van der Waals surface area contributed by atoms with Gasteiger partial charge >= 0.3 is 0 Å². The van der Waals surface area contributed by atoms with E-state index in [1.807, 2.05) is 0 Å². The maximum Gasteiger partial charge on any atom is 0.248 e. The molecule has 10 heteroatoms. The SMILES string of the molecule is NC(=O)c1ccc(NC(=O)CN(Cc2ccc(Cl)c(Cl)c2)S(=O)(=O)c2ccccc2)cc1. The first-order valence-electron chi connectivity index (χ1n) is 9.35. The molecule has 0 unspecified atom stereocenters. The van der Waals surface area contributed by atoms with Crippen LogP contribution in [0.15, 0.2) is 77.7 Å². The van der Waals surface area contributed by atoms with E-state index in [2.05, 4.69) is 5.32 Å². The maximum absolute atomic E-state index is 13.2. The van der Waals surface area contributed by atoms with Crippen molar-refractivity contribution in [1.29, 1.82) is 0 Å². The number of carbonyl (C=O) groups excluding carboxylic acids is 2. The van der Waals surface area contributed by atoms with Crippen molar-refractivity contribution >= 4 is 50.7 Å². The normalized spacial score (nSPS) is 11.3. The molecule has 2 amide bonds. The Kier molecular flexibility index (Phi) is 7.52. The highest BCUT2D eigenvalue weighted by atomic mass is 35.5. The summed E-state index contributed by atoms with van der Waals surface area (Å²) in [4.78, 5) is 23.9. The van der Waals surface area contributed by atoms with E-state index in [-0.39, 0.29) is 22.0 Å². The van der Waals surface area contributed by atoms with Gasteiger partial charge in [-0.3, -0.25) is 9.59 Å². The summed E-state index contributed by atoms with van der Waals surface area (Å²) >= 11 is 12.0. The Morgan fingerprint density at radius 2 is 1.56 bits per heavy atom. The molecule has 32 heavy (non-hydrogen) atoms. The Morgan fingerprint density at radius 3 is 2.16 bits per heavy atom. The lowest BCUT2D eigenvalue weighted by Crippen LogP contribution is -2.37. The molecule has 3 rings (SSSR count). The Balaban J connectivity index is 1.85. The average molecular weight is 492 g/mol. The molecule has 0 bridgehead atoms. The predicted molar refractivity (Wildman–Crippen MR) is 124 cm³/mol. The van der Waals surface area contributed by atoms with Crippen LogP contribution in [-0.4, -0.2) is 31.1 Å². The summed E-state index contributed by atoms with van der Waals surface area (Å²) in [6, 6.07) is 18.5. The lowest BCUT2D eigenvalue weighted by atomic mass is 10.2. The topological polar surface area (TPSA) is 110 Å². The highest BCUT2D eigenvalue weighted by molar-refractivity contribution is 7.89. The van der Waals surface area contributed by atoms with E-state index in [1.165, 1.54) is 36.4 Å². The van der Waals surface area contributed by atoms with Crippen molar-refractivity contribution in [2.75, 3.05) is 11.9 Å². The highest BCUT2D eigenvalue weighted by Gasteiger charge is 2.27. The van der Waals surface area contributed by atoms with Crippen molar-refractivity contribution in [3.63, 3.8) is 0 Å². The number of hydrogen-bond acceptors (Lipinski definition) is 4. The molecule has 0 aliphatic carbocycles. The van der Waals surface area contributed by atoms with Crippen LogP contribution in [0.25, 0.3) is 0 Å². The smallest absolute Gasteiger partial charge is 0.248 e. The van der Waals surface area contributed by atoms with Gasteiger partial charge in [-0.05, 0) is 54.1 Å². The molecule has 0 aliphatic heterocycles. The monoisotopic (exact) mass is 491 g/mol. The summed E-state index contributed by atoms with van der Waals surface area (Å²) in [7, 11) is -3.99. The molecule has 166 valence electrons. The van der Waals surface area contributed by atoms with Crippen molar-refractivity contribution in [2.45, 2.75) is 11.4 Å². The quantitative estimate of drug-likeness (QED) is 0.497. The minimum absolute atomic E-state index is 0.0543. The van der Waals surface area contributed by atoms with Gasteiger partial charge in [-0.2, -0.15) is 4.31 Å². The van der Waals surface area contributed by atoms with Crippen LogP contribution in [0.1, 0.15) is 15.9 Å². The fourth-order valence-corrected chi connectivity index (χ4v) is 4.61. The lowest BCUT2D eigenvalue weighted by Gasteiger charge is -2.22. The number of nitrogens with zero attached hydrogens (tertiary/aromatic N) is 1. The minimum Gasteiger partial charge on any atom is -0.366 e. The number of benzene rings is 3. The van der Waals surface area contributed by atoms with Crippen LogP contribution in [0, 0.1) is 0 Å². The molecule has 0 saturated heterocycles. The van der Waals surface area contributed by atoms with Crippen LogP contribution < -0.4 is 11.1 Å². The zero-order chi connectivity index (χ0) is 23.3. The van der Waals surface area contributed by atoms with E-state index in [1.54, 1.807) is 36.4 Å². The van der Waals surface area contributed by atoms with Crippen LogP contribution in [0.3, 0.4) is 0 Å². The number of amides is 2. The Morgan fingerprint density at radius 1 is 0.906 bits per heavy atom. The first-order valence-corrected chi connectivity index (χ1v) is 11.6. The Hall–Kier alpha value is -2.91. The number of nitrogens with one attached hydrogen (secondary N) is 1. The molecule has 0 atom stereocenters. The van der Waals surface area contributed by atoms with E-state index in [0.717, 1.165) is 4.31 Å². The number of hydrogen-bond donors (Lipinski definition) is 2. The average Bonchev–Trinajstić information content (AvgIpc) is 2.76. The standard InChI is InChI=1S/C22H19Cl2N3O4S/c23-19-11-6-15(12-20(19)24)13-27(32(30,31)18-4-2-1-3-5-18)14-21(28)26-17-9-7-16(8-10-17)22(25)29/h1-12H,13-14H2,(H2,25,29)(H,26,28). The molecule has 0 aromatic heterocycles. The van der Waals surface area contributed by atoms with Crippen molar-refractivity contribution < 1.29 is 18.0 Å². The maximum atomic E-state index is 13.2. The molecule has 0 aliphatic rings. The summed E-state index contributed by atoms with van der Waals surface area (Å²) in [6.07, 6.45) is 0. The number of nitrogens with two attached hydrogens (primary N) is 1. The third kappa shape index (κ3) is 5.86. The Labute approximate surface area is 195 Å². The van der Waals surface area contributed by atoms with Crippen molar-refractivity contribution in [3.8, 4) is 0 Å². The molecule has 3 aromatic carbocycles. The highest BCUT2D eigenvalue weighted by Crippen LogP contribution is 2.25. The lowest BCUT2D eigenvalue weighted by molar-refractivity contribution is -0.116. The first kappa shape index (κ1) is 23.7. The molecule has 0 spiro atoms. The van der Waals surface area contributed by atoms with Gasteiger partial charge in [0.2, 0.25) is 21.8 Å². The summed E-state index contributed by atoms with van der Waals surface area (Å²) in [5.74, 6) is -1.15. The fourth-order valence-electron chi connectivity index (χ4n) is 2.89. The molecular formula is C22H19Cl2N3O4S. The second-order valence-electron chi connectivity index (χ2n) is 6.82. The molecule has 0 saturated carbocycles. The number of sulfonamides is 1. The van der Waals surface area contributed by atoms with Gasteiger partial charge in [0, 0.05) is 17.8 Å². The molecule has 7 nitrogen and oxygen atoms in total. The van der Waals surface area contributed by atoms with Crippen LogP contribution in [0.2, 0.25) is 10.0 Å². The van der Waals surface area contributed by atoms with E-state index in [9.17, 15) is 18.0 Å². The van der Waals surface area contributed by atoms with Crippen LogP contribution in [-0.2, 0) is 21.4 Å². The van der Waals surface area contributed by atoms with Gasteiger partial charge < -0.3 is 11.1 Å². The zero-order valence-corrected chi connectivity index (χ0v) is 19.0. The van der Waals surface area contributed by atoms with E-state index < -0.39 is 28.4 Å². The summed E-state index contributed by atoms with van der Waals surface area (Å²) in [5, 5.41) is 3.24. The number of anilines is 1. The molecule has 0 radical (unpaired) electrons. The molecule has 0 fully saturated rings. The third-order valence-electron chi connectivity index (χ3n) is 4.50. The summed E-state index contributed by atoms with van der Waals surface area (Å²) in [6.45, 7) is -0.544. The molecule has 3 N–H and O–H groups in total. The second kappa shape index (κ2) is 10.1. The number of carbonyl (C=O) groups is 2. The van der Waals surface area contributed by atoms with Crippen molar-refractivity contribution in [2.24, 2.45) is 5.73 Å². The summed E-state index contributed by atoms with van der Waals surface area (Å²) < 4.78 is 27.5. The number of primary amides is 1. The Bertz CT molecular complexity index is 1230. The van der Waals surface area contributed by atoms with Gasteiger partial charge in [0.15, 0.2) is 0 Å². The molecule has 3 aromatic rings. The molecule has 0 heterocycles. The van der Waals surface area contributed by atoms with Gasteiger partial charge in [-0.25, -0.2) is 8.42 Å². The van der Waals surface area contributed by atoms with Gasteiger partial charge in [0.1, 0.15) is 0 Å². The zero-order valence-electron chi connectivity index (χ0n) is 16.7. The van der Waals surface area contributed by atoms with Gasteiger partial charge in [-0.1, -0.05) is 47.5 Å². The van der Waals surface area contributed by atoms with Gasteiger partial charge in [0.25, 0.3) is 0 Å². The van der Waals surface area contributed by atoms with E-state index >= 15 is 0 Å². The third-order valence-corrected chi connectivity index (χ3v) is 7.04. The first-order chi connectivity index (χ1) is 15.2. The predicted octanol–water partition coefficient (Wildman–Crippen LogP) is 3.92. The number of halogens is 2. The summed E-state index contributed by atoms with van der Waals surface area (Å²) in [5.41, 5.74) is 6.46. The fraction of sp³-hybridized carbons (Fsp3) is 0.0909. The molecular weight excluding hydrogens is 473 g/mol. The van der Waals surface area contributed by atoms with E-state index in [4.69, 9.17) is 28.9 Å².